The Bertz CT molecular complexity index is 675. The summed E-state index contributed by atoms with van der Waals surface area (Å²) in [7, 11) is 0. The van der Waals surface area contributed by atoms with Gasteiger partial charge in [-0.05, 0) is 37.3 Å². The predicted molar refractivity (Wildman–Crippen MR) is 83.4 cm³/mol. The molecule has 21 heavy (non-hydrogen) atoms. The van der Waals surface area contributed by atoms with Gasteiger partial charge in [0.25, 0.3) is 0 Å². The zero-order valence-corrected chi connectivity index (χ0v) is 12.4. The topological polar surface area (TPSA) is 68.2 Å². The van der Waals surface area contributed by atoms with Gasteiger partial charge in [-0.2, -0.15) is 0 Å². The van der Waals surface area contributed by atoms with Crippen LogP contribution in [0.1, 0.15) is 31.0 Å². The summed E-state index contributed by atoms with van der Waals surface area (Å²) < 4.78 is 2.22. The first kappa shape index (κ1) is 14.1. The minimum Gasteiger partial charge on any atom is -0.481 e. The van der Waals surface area contributed by atoms with Gasteiger partial charge in [-0.1, -0.05) is 25.1 Å². The molecule has 4 heteroatoms. The van der Waals surface area contributed by atoms with Crippen molar-refractivity contribution in [2.45, 2.75) is 45.2 Å². The number of nitrogens with two attached hydrogens (primary N) is 1. The third-order valence-electron chi connectivity index (χ3n) is 4.66. The molecule has 1 heterocycles. The van der Waals surface area contributed by atoms with Crippen LogP contribution >= 0.6 is 0 Å². The van der Waals surface area contributed by atoms with Gasteiger partial charge in [-0.3, -0.25) is 4.79 Å². The number of aliphatic carboxylic acids is 1. The molecular formula is C17H22N2O2. The Morgan fingerprint density at radius 2 is 2.24 bits per heavy atom. The second-order valence-corrected chi connectivity index (χ2v) is 6.00. The Hall–Kier alpha value is -1.81. The zero-order valence-electron chi connectivity index (χ0n) is 12.4. The number of carboxylic acid groups (broad SMARTS) is 1. The number of aromatic nitrogens is 1. The molecule has 0 saturated heterocycles. The van der Waals surface area contributed by atoms with Crippen molar-refractivity contribution in [1.29, 1.82) is 0 Å². The average Bonchev–Trinajstić information content (AvgIpc) is 2.78. The van der Waals surface area contributed by atoms with E-state index in [0.717, 1.165) is 24.8 Å². The maximum atomic E-state index is 11.4. The lowest BCUT2D eigenvalue weighted by molar-refractivity contribution is -0.142. The SMILES string of the molecule is CCC(Cn1c2c(c3ccccc31)CC(N)CC2)C(=O)O. The second-order valence-electron chi connectivity index (χ2n) is 6.00. The number of nitrogens with zero attached hydrogens (tertiary/aromatic N) is 1. The van der Waals surface area contributed by atoms with Crippen molar-refractivity contribution in [1.82, 2.24) is 4.57 Å². The van der Waals surface area contributed by atoms with Crippen molar-refractivity contribution < 1.29 is 9.90 Å². The Morgan fingerprint density at radius 1 is 1.48 bits per heavy atom. The van der Waals surface area contributed by atoms with Crippen LogP contribution in [0.25, 0.3) is 10.9 Å². The van der Waals surface area contributed by atoms with E-state index in [4.69, 9.17) is 5.73 Å². The average molecular weight is 286 g/mol. The standard InChI is InChI=1S/C17H22N2O2/c1-2-11(17(20)21)10-19-15-6-4-3-5-13(15)14-9-12(18)7-8-16(14)19/h3-6,11-12H,2,7-10,18H2,1H3,(H,20,21). The van der Waals surface area contributed by atoms with E-state index < -0.39 is 5.97 Å². The fourth-order valence-corrected chi connectivity index (χ4v) is 3.44. The van der Waals surface area contributed by atoms with E-state index in [2.05, 4.69) is 16.7 Å². The van der Waals surface area contributed by atoms with Crippen LogP contribution in [0, 0.1) is 5.92 Å². The Kier molecular flexibility index (Phi) is 3.72. The minimum absolute atomic E-state index is 0.221. The largest absolute Gasteiger partial charge is 0.481 e. The van der Waals surface area contributed by atoms with Gasteiger partial charge >= 0.3 is 5.97 Å². The number of carbonyl (C=O) groups is 1. The van der Waals surface area contributed by atoms with E-state index in [0.29, 0.717) is 13.0 Å². The molecule has 0 radical (unpaired) electrons. The van der Waals surface area contributed by atoms with Crippen LogP contribution < -0.4 is 5.73 Å². The van der Waals surface area contributed by atoms with Crippen molar-refractivity contribution >= 4 is 16.9 Å². The first-order valence-corrected chi connectivity index (χ1v) is 7.69. The van der Waals surface area contributed by atoms with Gasteiger partial charge in [0.2, 0.25) is 0 Å². The molecule has 2 atom stereocenters. The van der Waals surface area contributed by atoms with E-state index >= 15 is 0 Å². The fourth-order valence-electron chi connectivity index (χ4n) is 3.44. The Morgan fingerprint density at radius 3 is 2.95 bits per heavy atom. The number of rotatable bonds is 4. The van der Waals surface area contributed by atoms with E-state index in [-0.39, 0.29) is 12.0 Å². The highest BCUT2D eigenvalue weighted by Crippen LogP contribution is 2.32. The van der Waals surface area contributed by atoms with E-state index in [9.17, 15) is 9.90 Å². The molecule has 0 amide bonds. The highest BCUT2D eigenvalue weighted by molar-refractivity contribution is 5.86. The highest BCUT2D eigenvalue weighted by atomic mass is 16.4. The van der Waals surface area contributed by atoms with Crippen LogP contribution in [-0.4, -0.2) is 21.7 Å². The normalized spacial score (nSPS) is 19.4. The number of benzene rings is 1. The van der Waals surface area contributed by atoms with Crippen LogP contribution in [0.15, 0.2) is 24.3 Å². The molecular weight excluding hydrogens is 264 g/mol. The maximum absolute atomic E-state index is 11.4. The van der Waals surface area contributed by atoms with Gasteiger partial charge in [-0.25, -0.2) is 0 Å². The number of hydrogen-bond acceptors (Lipinski definition) is 2. The molecule has 0 fully saturated rings. The summed E-state index contributed by atoms with van der Waals surface area (Å²) in [5.41, 5.74) is 9.88. The molecule has 0 bridgehead atoms. The molecule has 0 aliphatic heterocycles. The Labute approximate surface area is 124 Å². The van der Waals surface area contributed by atoms with Gasteiger partial charge < -0.3 is 15.4 Å². The summed E-state index contributed by atoms with van der Waals surface area (Å²) in [5.74, 6) is -1.04. The second kappa shape index (κ2) is 5.53. The molecule has 1 aromatic heterocycles. The summed E-state index contributed by atoms with van der Waals surface area (Å²) in [6.07, 6.45) is 3.47. The summed E-state index contributed by atoms with van der Waals surface area (Å²) in [6, 6.07) is 8.50. The molecule has 0 spiro atoms. The molecule has 2 aromatic rings. The molecule has 112 valence electrons. The lowest BCUT2D eigenvalue weighted by atomic mass is 9.92. The maximum Gasteiger partial charge on any atom is 0.308 e. The molecule has 0 saturated carbocycles. The third kappa shape index (κ3) is 2.44. The van der Waals surface area contributed by atoms with Crippen LogP contribution in [-0.2, 0) is 24.2 Å². The third-order valence-corrected chi connectivity index (χ3v) is 4.66. The summed E-state index contributed by atoms with van der Waals surface area (Å²) >= 11 is 0. The van der Waals surface area contributed by atoms with Gasteiger partial charge in [0.15, 0.2) is 0 Å². The minimum atomic E-state index is -0.712. The van der Waals surface area contributed by atoms with Crippen molar-refractivity contribution in [2.75, 3.05) is 0 Å². The van der Waals surface area contributed by atoms with Crippen LogP contribution in [0.5, 0.6) is 0 Å². The molecule has 3 rings (SSSR count). The number of carboxylic acids is 1. The van der Waals surface area contributed by atoms with E-state index in [1.807, 2.05) is 19.1 Å². The summed E-state index contributed by atoms with van der Waals surface area (Å²) in [4.78, 5) is 11.4. The van der Waals surface area contributed by atoms with Crippen molar-refractivity contribution in [2.24, 2.45) is 11.7 Å². The fraction of sp³-hybridized carbons (Fsp3) is 0.471. The predicted octanol–water partition coefficient (Wildman–Crippen LogP) is 2.57. The van der Waals surface area contributed by atoms with Crippen LogP contribution in [0.4, 0.5) is 0 Å². The van der Waals surface area contributed by atoms with E-state index in [1.54, 1.807) is 0 Å². The van der Waals surface area contributed by atoms with E-state index in [1.165, 1.54) is 16.6 Å². The molecule has 3 N–H and O–H groups in total. The first-order chi connectivity index (χ1) is 10.1. The molecule has 1 aromatic carbocycles. The van der Waals surface area contributed by atoms with Crippen molar-refractivity contribution in [3.63, 3.8) is 0 Å². The Balaban J connectivity index is 2.11. The zero-order chi connectivity index (χ0) is 15.0. The monoisotopic (exact) mass is 286 g/mol. The van der Waals surface area contributed by atoms with Crippen molar-refractivity contribution in [3.05, 3.63) is 35.5 Å². The lowest BCUT2D eigenvalue weighted by Gasteiger charge is -2.22. The summed E-state index contributed by atoms with van der Waals surface area (Å²) in [5, 5.41) is 10.6. The molecule has 1 aliphatic carbocycles. The van der Waals surface area contributed by atoms with Gasteiger partial charge in [0.05, 0.1) is 5.92 Å². The highest BCUT2D eigenvalue weighted by Gasteiger charge is 2.25. The molecule has 2 unspecified atom stereocenters. The van der Waals surface area contributed by atoms with Gasteiger partial charge in [-0.15, -0.1) is 0 Å². The van der Waals surface area contributed by atoms with Crippen LogP contribution in [0.3, 0.4) is 0 Å². The first-order valence-electron chi connectivity index (χ1n) is 7.69. The molecule has 1 aliphatic rings. The smallest absolute Gasteiger partial charge is 0.308 e. The van der Waals surface area contributed by atoms with Gasteiger partial charge in [0.1, 0.15) is 0 Å². The van der Waals surface area contributed by atoms with Gasteiger partial charge in [0, 0.05) is 29.2 Å². The molecule has 4 nitrogen and oxygen atoms in total. The lowest BCUT2D eigenvalue weighted by Crippen LogP contribution is -2.29. The van der Waals surface area contributed by atoms with Crippen molar-refractivity contribution in [3.8, 4) is 0 Å². The van der Waals surface area contributed by atoms with Crippen LogP contribution in [0.2, 0.25) is 0 Å². The number of fused-ring (bicyclic) bond motifs is 3. The quantitative estimate of drug-likeness (QED) is 0.907. The number of para-hydroxylation sites is 1. The number of hydrogen-bond donors (Lipinski definition) is 2. The summed E-state index contributed by atoms with van der Waals surface area (Å²) in [6.45, 7) is 2.49.